The number of nitrogens with zero attached hydrogens (tertiary/aromatic N) is 4. The summed E-state index contributed by atoms with van der Waals surface area (Å²) < 4.78 is 37.1. The molecule has 5 aromatic rings. The van der Waals surface area contributed by atoms with Gasteiger partial charge in [-0.05, 0) is 54.4 Å². The number of nitrogens with two attached hydrogens (primary N) is 1. The minimum absolute atomic E-state index is 0.00520. The van der Waals surface area contributed by atoms with E-state index in [2.05, 4.69) is 25.9 Å². The lowest BCUT2D eigenvalue weighted by molar-refractivity contribution is 0.0697. The highest BCUT2D eigenvalue weighted by Gasteiger charge is 2.18. The Labute approximate surface area is 245 Å². The zero-order valence-electron chi connectivity index (χ0n) is 23.4. The SMILES string of the molecule is CNN/C(Cn1c(Cc2ccc(-c3cccc(OCc4ccc(C)cc4F)n3)cc2F)nc2ccc(C(=O)O)cc21)=N\N. The van der Waals surface area contributed by atoms with E-state index in [0.29, 0.717) is 45.1 Å². The van der Waals surface area contributed by atoms with Gasteiger partial charge in [0.2, 0.25) is 5.88 Å². The molecule has 0 bridgehead atoms. The molecule has 5 rings (SSSR count). The van der Waals surface area contributed by atoms with Crippen LogP contribution in [-0.2, 0) is 19.6 Å². The summed E-state index contributed by atoms with van der Waals surface area (Å²) in [5, 5.41) is 13.2. The van der Waals surface area contributed by atoms with Gasteiger partial charge in [-0.15, -0.1) is 0 Å². The molecule has 12 heteroatoms. The van der Waals surface area contributed by atoms with Crippen molar-refractivity contribution in [1.82, 2.24) is 25.4 Å². The van der Waals surface area contributed by atoms with Gasteiger partial charge in [0, 0.05) is 30.7 Å². The molecule has 0 saturated heterocycles. The zero-order chi connectivity index (χ0) is 30.5. The van der Waals surface area contributed by atoms with Gasteiger partial charge in [0.25, 0.3) is 0 Å². The van der Waals surface area contributed by atoms with Crippen LogP contribution in [0.15, 0.2) is 77.9 Å². The topological polar surface area (TPSA) is 140 Å². The number of hydrogen-bond donors (Lipinski definition) is 4. The van der Waals surface area contributed by atoms with Gasteiger partial charge in [-0.1, -0.05) is 30.3 Å². The van der Waals surface area contributed by atoms with Crippen LogP contribution in [0.4, 0.5) is 8.78 Å². The monoisotopic (exact) mass is 585 g/mol. The number of aryl methyl sites for hydroxylation is 1. The second kappa shape index (κ2) is 12.7. The third-order valence-electron chi connectivity index (χ3n) is 6.81. The standard InChI is InChI=1S/C31H29F2N7O3/c1-18-6-7-22(23(32)12-18)17-43-30-5-3-4-25(37-30)20-9-8-19(24(33)13-20)15-29-36-26-11-10-21(31(41)42)14-27(26)40(29)16-28(38-34)39-35-2/h3-14,35H,15-17,34H2,1-2H3,(H,38,39)(H,41,42). The van der Waals surface area contributed by atoms with E-state index in [9.17, 15) is 14.3 Å². The van der Waals surface area contributed by atoms with Gasteiger partial charge >= 0.3 is 5.97 Å². The first-order valence-electron chi connectivity index (χ1n) is 13.3. The molecule has 3 aromatic carbocycles. The third-order valence-corrected chi connectivity index (χ3v) is 6.81. The van der Waals surface area contributed by atoms with Crippen LogP contribution in [0.5, 0.6) is 5.88 Å². The maximum absolute atomic E-state index is 15.5. The molecular formula is C31H29F2N7O3. The predicted octanol–water partition coefficient (Wildman–Crippen LogP) is 4.55. The van der Waals surface area contributed by atoms with Gasteiger partial charge in [-0.3, -0.25) is 0 Å². The quantitative estimate of drug-likeness (QED) is 0.0810. The Balaban J connectivity index is 1.40. The van der Waals surface area contributed by atoms with Crippen molar-refractivity contribution in [3.05, 3.63) is 113 Å². The fraction of sp³-hybridized carbons (Fsp3) is 0.161. The molecule has 0 aliphatic rings. The maximum atomic E-state index is 15.5. The number of ether oxygens (including phenoxy) is 1. The molecule has 0 aliphatic heterocycles. The summed E-state index contributed by atoms with van der Waals surface area (Å²) >= 11 is 0. The van der Waals surface area contributed by atoms with Crippen LogP contribution in [0.2, 0.25) is 0 Å². The average molecular weight is 586 g/mol. The normalized spacial score (nSPS) is 11.6. The van der Waals surface area contributed by atoms with E-state index in [0.717, 1.165) is 5.56 Å². The van der Waals surface area contributed by atoms with Crippen molar-refractivity contribution in [2.75, 3.05) is 7.05 Å². The second-order valence-electron chi connectivity index (χ2n) is 9.80. The Morgan fingerprint density at radius 3 is 2.53 bits per heavy atom. The number of nitrogens with one attached hydrogen (secondary N) is 2. The number of pyridine rings is 1. The number of hydrogen-bond acceptors (Lipinski definition) is 7. The van der Waals surface area contributed by atoms with Crippen LogP contribution in [-0.4, -0.2) is 38.5 Å². The molecule has 0 fully saturated rings. The largest absolute Gasteiger partial charge is 0.478 e. The Bertz CT molecular complexity index is 1840. The van der Waals surface area contributed by atoms with E-state index < -0.39 is 11.8 Å². The van der Waals surface area contributed by atoms with E-state index in [1.807, 2.05) is 13.0 Å². The van der Waals surface area contributed by atoms with E-state index in [4.69, 9.17) is 10.6 Å². The number of carbonyl (C=O) groups is 1. The summed E-state index contributed by atoms with van der Waals surface area (Å²) in [6.07, 6.45) is 0.110. The lowest BCUT2D eigenvalue weighted by atomic mass is 10.1. The summed E-state index contributed by atoms with van der Waals surface area (Å²) in [5.74, 6) is 4.75. The van der Waals surface area contributed by atoms with Gasteiger partial charge in [-0.2, -0.15) is 5.10 Å². The minimum Gasteiger partial charge on any atom is -0.478 e. The summed E-state index contributed by atoms with van der Waals surface area (Å²) in [6.45, 7) is 1.95. The molecule has 0 radical (unpaired) electrons. The number of rotatable bonds is 10. The summed E-state index contributed by atoms with van der Waals surface area (Å²) in [5.41, 5.74) is 9.37. The average Bonchev–Trinajstić information content (AvgIpc) is 3.33. The number of aromatic carboxylic acids is 1. The number of aromatic nitrogens is 3. The molecule has 2 aromatic heterocycles. The molecule has 0 saturated carbocycles. The van der Waals surface area contributed by atoms with E-state index in [-0.39, 0.29) is 36.8 Å². The minimum atomic E-state index is -1.08. The lowest BCUT2D eigenvalue weighted by Crippen LogP contribution is -2.38. The van der Waals surface area contributed by atoms with Crippen molar-refractivity contribution in [2.24, 2.45) is 10.9 Å². The van der Waals surface area contributed by atoms with Crippen molar-refractivity contribution in [3.8, 4) is 17.1 Å². The molecule has 0 amide bonds. The number of halogens is 2. The first kappa shape index (κ1) is 29.1. The van der Waals surface area contributed by atoms with Crippen LogP contribution in [0.25, 0.3) is 22.3 Å². The number of benzene rings is 3. The molecular weight excluding hydrogens is 556 g/mol. The fourth-order valence-corrected chi connectivity index (χ4v) is 4.62. The molecule has 0 spiro atoms. The van der Waals surface area contributed by atoms with Gasteiger partial charge in [0.15, 0.2) is 5.84 Å². The third kappa shape index (κ3) is 6.60. The second-order valence-corrected chi connectivity index (χ2v) is 9.80. The fourth-order valence-electron chi connectivity index (χ4n) is 4.62. The number of fused-ring (bicyclic) bond motifs is 1. The summed E-state index contributed by atoms with van der Waals surface area (Å²) in [4.78, 5) is 20.7. The first-order chi connectivity index (χ1) is 20.7. The summed E-state index contributed by atoms with van der Waals surface area (Å²) in [6, 6.07) is 19.4. The van der Waals surface area contributed by atoms with Crippen LogP contribution in [0.1, 0.15) is 32.9 Å². The van der Waals surface area contributed by atoms with Crippen LogP contribution in [0.3, 0.4) is 0 Å². The lowest BCUT2D eigenvalue weighted by Gasteiger charge is -2.13. The van der Waals surface area contributed by atoms with Gasteiger partial charge in [-0.25, -0.2) is 29.0 Å². The van der Waals surface area contributed by atoms with Crippen molar-refractivity contribution in [2.45, 2.75) is 26.5 Å². The first-order valence-corrected chi connectivity index (χ1v) is 13.3. The van der Waals surface area contributed by atoms with Crippen molar-refractivity contribution >= 4 is 22.8 Å². The highest BCUT2D eigenvalue weighted by atomic mass is 19.1. The molecule has 43 heavy (non-hydrogen) atoms. The molecule has 2 heterocycles. The Hall–Kier alpha value is -5.36. The Kier molecular flexibility index (Phi) is 8.58. The predicted molar refractivity (Wildman–Crippen MR) is 158 cm³/mol. The maximum Gasteiger partial charge on any atom is 0.335 e. The van der Waals surface area contributed by atoms with Crippen LogP contribution in [0, 0.1) is 18.6 Å². The Morgan fingerprint density at radius 1 is 1.02 bits per heavy atom. The van der Waals surface area contributed by atoms with Crippen LogP contribution >= 0.6 is 0 Å². The van der Waals surface area contributed by atoms with Gasteiger partial charge < -0.3 is 25.7 Å². The smallest absolute Gasteiger partial charge is 0.335 e. The van der Waals surface area contributed by atoms with Crippen LogP contribution < -0.4 is 21.4 Å². The highest BCUT2D eigenvalue weighted by Crippen LogP contribution is 2.26. The molecule has 5 N–H and O–H groups in total. The number of hydrazine groups is 1. The highest BCUT2D eigenvalue weighted by molar-refractivity contribution is 5.93. The van der Waals surface area contributed by atoms with Crippen molar-refractivity contribution < 1.29 is 23.4 Å². The number of hydrazone groups is 1. The van der Waals surface area contributed by atoms with E-state index in [1.165, 1.54) is 24.3 Å². The van der Waals surface area contributed by atoms with Gasteiger partial charge in [0.1, 0.15) is 24.1 Å². The van der Waals surface area contributed by atoms with Crippen molar-refractivity contribution in [3.63, 3.8) is 0 Å². The number of imidazole rings is 1. The molecule has 0 aliphatic carbocycles. The van der Waals surface area contributed by atoms with E-state index >= 15 is 4.39 Å². The molecule has 220 valence electrons. The number of carboxylic acid groups (broad SMARTS) is 1. The number of amidine groups is 1. The number of carboxylic acids is 1. The Morgan fingerprint density at radius 2 is 1.81 bits per heavy atom. The zero-order valence-corrected chi connectivity index (χ0v) is 23.4. The molecule has 0 atom stereocenters. The molecule has 10 nitrogen and oxygen atoms in total. The van der Waals surface area contributed by atoms with Gasteiger partial charge in [0.05, 0.1) is 28.8 Å². The molecule has 0 unspecified atom stereocenters. The van der Waals surface area contributed by atoms with E-state index in [1.54, 1.807) is 54.1 Å². The van der Waals surface area contributed by atoms with Crippen molar-refractivity contribution in [1.29, 1.82) is 0 Å². The summed E-state index contributed by atoms with van der Waals surface area (Å²) in [7, 11) is 1.65.